The van der Waals surface area contributed by atoms with Gasteiger partial charge in [-0.15, -0.1) is 11.8 Å². The summed E-state index contributed by atoms with van der Waals surface area (Å²) in [6.45, 7) is 0. The molecular weight excluding hydrogens is 228 g/mol. The Morgan fingerprint density at radius 3 is 3.06 bits per heavy atom. The van der Waals surface area contributed by atoms with E-state index in [-0.39, 0.29) is 6.10 Å². The summed E-state index contributed by atoms with van der Waals surface area (Å²) in [6, 6.07) is 5.79. The highest BCUT2D eigenvalue weighted by Gasteiger charge is 2.24. The normalized spacial score (nSPS) is 18.7. The first-order chi connectivity index (χ1) is 7.70. The molecule has 1 heterocycles. The second-order valence-electron chi connectivity index (χ2n) is 3.47. The fourth-order valence-corrected chi connectivity index (χ4v) is 2.91. The van der Waals surface area contributed by atoms with E-state index in [9.17, 15) is 4.79 Å². The SMILES string of the molecule is COc1cccc2c1SCC(OC(=O)O)C2. The number of ether oxygens (including phenoxy) is 2. The Balaban J connectivity index is 2.18. The first-order valence-electron chi connectivity index (χ1n) is 4.89. The van der Waals surface area contributed by atoms with Gasteiger partial charge in [0.05, 0.1) is 12.0 Å². The van der Waals surface area contributed by atoms with Crippen molar-refractivity contribution in [3.05, 3.63) is 23.8 Å². The van der Waals surface area contributed by atoms with E-state index in [1.54, 1.807) is 18.9 Å². The van der Waals surface area contributed by atoms with E-state index in [0.29, 0.717) is 12.2 Å². The van der Waals surface area contributed by atoms with E-state index in [4.69, 9.17) is 14.6 Å². The van der Waals surface area contributed by atoms with Crippen LogP contribution in [0, 0.1) is 0 Å². The van der Waals surface area contributed by atoms with Crippen LogP contribution in [0.1, 0.15) is 5.56 Å². The van der Waals surface area contributed by atoms with Crippen LogP contribution in [0.15, 0.2) is 23.1 Å². The number of methoxy groups -OCH3 is 1. The second-order valence-corrected chi connectivity index (χ2v) is 4.50. The van der Waals surface area contributed by atoms with Gasteiger partial charge in [-0.05, 0) is 11.6 Å². The van der Waals surface area contributed by atoms with Crippen LogP contribution in [0.4, 0.5) is 4.79 Å². The van der Waals surface area contributed by atoms with Gasteiger partial charge in [-0.2, -0.15) is 0 Å². The van der Waals surface area contributed by atoms with E-state index in [1.165, 1.54) is 0 Å². The predicted octanol–water partition coefficient (Wildman–Crippen LogP) is 2.41. The Morgan fingerprint density at radius 2 is 2.38 bits per heavy atom. The lowest BCUT2D eigenvalue weighted by Crippen LogP contribution is -2.25. The largest absolute Gasteiger partial charge is 0.506 e. The molecule has 4 nitrogen and oxygen atoms in total. The number of carboxylic acid groups (broad SMARTS) is 1. The molecule has 0 aromatic heterocycles. The summed E-state index contributed by atoms with van der Waals surface area (Å²) in [5, 5.41) is 8.56. The topological polar surface area (TPSA) is 55.8 Å². The predicted molar refractivity (Wildman–Crippen MR) is 60.3 cm³/mol. The third-order valence-electron chi connectivity index (χ3n) is 2.41. The number of benzene rings is 1. The highest BCUT2D eigenvalue weighted by Crippen LogP contribution is 2.38. The van der Waals surface area contributed by atoms with Gasteiger partial charge < -0.3 is 14.6 Å². The number of rotatable bonds is 2. The Kier molecular flexibility index (Phi) is 3.24. The van der Waals surface area contributed by atoms with Crippen LogP contribution in [-0.4, -0.2) is 30.2 Å². The molecule has 1 unspecified atom stereocenters. The van der Waals surface area contributed by atoms with Crippen molar-refractivity contribution in [1.82, 2.24) is 0 Å². The first-order valence-corrected chi connectivity index (χ1v) is 5.87. The Hall–Kier alpha value is -1.36. The van der Waals surface area contributed by atoms with Crippen LogP contribution in [0.2, 0.25) is 0 Å². The molecule has 1 N–H and O–H groups in total. The van der Waals surface area contributed by atoms with Crippen molar-refractivity contribution in [3.8, 4) is 5.75 Å². The third kappa shape index (κ3) is 2.24. The van der Waals surface area contributed by atoms with E-state index in [2.05, 4.69) is 0 Å². The minimum absolute atomic E-state index is 0.262. The number of hydrogen-bond donors (Lipinski definition) is 1. The maximum absolute atomic E-state index is 10.4. The summed E-state index contributed by atoms with van der Waals surface area (Å²) in [4.78, 5) is 11.5. The zero-order valence-corrected chi connectivity index (χ0v) is 9.62. The van der Waals surface area contributed by atoms with E-state index < -0.39 is 6.16 Å². The molecule has 0 aliphatic carbocycles. The lowest BCUT2D eigenvalue weighted by Gasteiger charge is -2.24. The number of thioether (sulfide) groups is 1. The molecule has 5 heteroatoms. The average Bonchev–Trinajstić information content (AvgIpc) is 2.27. The van der Waals surface area contributed by atoms with Crippen molar-refractivity contribution in [2.24, 2.45) is 0 Å². The molecule has 0 saturated carbocycles. The van der Waals surface area contributed by atoms with Gasteiger partial charge in [0.2, 0.25) is 0 Å². The number of fused-ring (bicyclic) bond motifs is 1. The summed E-state index contributed by atoms with van der Waals surface area (Å²) in [7, 11) is 1.63. The maximum Gasteiger partial charge on any atom is 0.506 e. The minimum atomic E-state index is -1.21. The van der Waals surface area contributed by atoms with Crippen LogP contribution in [-0.2, 0) is 11.2 Å². The van der Waals surface area contributed by atoms with Gasteiger partial charge in [0.25, 0.3) is 0 Å². The number of carbonyl (C=O) groups is 1. The fourth-order valence-electron chi connectivity index (χ4n) is 1.75. The smallest absolute Gasteiger partial charge is 0.496 e. The van der Waals surface area contributed by atoms with Gasteiger partial charge in [-0.25, -0.2) is 4.79 Å². The van der Waals surface area contributed by atoms with E-state index in [0.717, 1.165) is 16.2 Å². The van der Waals surface area contributed by atoms with Crippen LogP contribution >= 0.6 is 11.8 Å². The molecule has 2 rings (SSSR count). The average molecular weight is 240 g/mol. The van der Waals surface area contributed by atoms with Crippen LogP contribution < -0.4 is 4.74 Å². The lowest BCUT2D eigenvalue weighted by atomic mass is 10.1. The van der Waals surface area contributed by atoms with Crippen LogP contribution in [0.25, 0.3) is 0 Å². The minimum Gasteiger partial charge on any atom is -0.496 e. The molecule has 0 spiro atoms. The quantitative estimate of drug-likeness (QED) is 0.804. The summed E-state index contributed by atoms with van der Waals surface area (Å²) < 4.78 is 10.0. The molecule has 86 valence electrons. The molecule has 1 aliphatic rings. The summed E-state index contributed by atoms with van der Waals surface area (Å²) in [5.74, 6) is 1.48. The van der Waals surface area contributed by atoms with E-state index in [1.807, 2.05) is 18.2 Å². The van der Waals surface area contributed by atoms with Crippen molar-refractivity contribution < 1.29 is 19.4 Å². The van der Waals surface area contributed by atoms with Gasteiger partial charge >= 0.3 is 6.16 Å². The molecule has 1 aromatic carbocycles. The second kappa shape index (κ2) is 4.65. The third-order valence-corrected chi connectivity index (χ3v) is 3.70. The molecule has 1 atom stereocenters. The van der Waals surface area contributed by atoms with Crippen molar-refractivity contribution in [2.75, 3.05) is 12.9 Å². The summed E-state index contributed by atoms with van der Waals surface area (Å²) in [5.41, 5.74) is 1.09. The molecule has 1 aromatic rings. The zero-order chi connectivity index (χ0) is 11.5. The van der Waals surface area contributed by atoms with Crippen LogP contribution in [0.3, 0.4) is 0 Å². The van der Waals surface area contributed by atoms with Gasteiger partial charge in [0.1, 0.15) is 11.9 Å². The van der Waals surface area contributed by atoms with Gasteiger partial charge in [0.15, 0.2) is 0 Å². The molecular formula is C11H12O4S. The molecule has 0 radical (unpaired) electrons. The zero-order valence-electron chi connectivity index (χ0n) is 8.80. The standard InChI is InChI=1S/C11H12O4S/c1-14-9-4-2-3-7-5-8(15-11(12)13)6-16-10(7)9/h2-4,8H,5-6H2,1H3,(H,12,13). The Labute approximate surface area is 97.6 Å². The van der Waals surface area contributed by atoms with Gasteiger partial charge in [-0.3, -0.25) is 0 Å². The lowest BCUT2D eigenvalue weighted by molar-refractivity contribution is 0.0601. The highest BCUT2D eigenvalue weighted by molar-refractivity contribution is 7.99. The molecule has 0 amide bonds. The van der Waals surface area contributed by atoms with Gasteiger partial charge in [-0.1, -0.05) is 12.1 Å². The van der Waals surface area contributed by atoms with Crippen LogP contribution in [0.5, 0.6) is 5.75 Å². The molecule has 16 heavy (non-hydrogen) atoms. The monoisotopic (exact) mass is 240 g/mol. The molecule has 1 aliphatic heterocycles. The summed E-state index contributed by atoms with van der Waals surface area (Å²) >= 11 is 1.58. The summed E-state index contributed by atoms with van der Waals surface area (Å²) in [6.07, 6.45) is -0.856. The molecule has 0 bridgehead atoms. The van der Waals surface area contributed by atoms with E-state index >= 15 is 0 Å². The maximum atomic E-state index is 10.4. The van der Waals surface area contributed by atoms with Crippen molar-refractivity contribution in [3.63, 3.8) is 0 Å². The fraction of sp³-hybridized carbons (Fsp3) is 0.364. The van der Waals surface area contributed by atoms with Crippen molar-refractivity contribution in [1.29, 1.82) is 0 Å². The molecule has 0 saturated heterocycles. The number of hydrogen-bond acceptors (Lipinski definition) is 4. The Bertz CT molecular complexity index is 405. The Morgan fingerprint density at radius 1 is 1.56 bits per heavy atom. The van der Waals surface area contributed by atoms with Crippen molar-refractivity contribution >= 4 is 17.9 Å². The highest BCUT2D eigenvalue weighted by atomic mass is 32.2. The van der Waals surface area contributed by atoms with Crippen molar-refractivity contribution in [2.45, 2.75) is 17.4 Å². The first kappa shape index (κ1) is 11.1. The molecule has 0 fully saturated rings. The van der Waals surface area contributed by atoms with Gasteiger partial charge in [0, 0.05) is 12.2 Å².